The predicted octanol–water partition coefficient (Wildman–Crippen LogP) is -2.11. The van der Waals surface area contributed by atoms with E-state index in [-0.39, 0.29) is 18.5 Å². The van der Waals surface area contributed by atoms with Gasteiger partial charge in [0.15, 0.2) is 1.41 Å². The number of amides is 2. The van der Waals surface area contributed by atoms with Gasteiger partial charge in [-0.1, -0.05) is 6.08 Å². The Kier molecular flexibility index (Phi) is 7.58. The first-order chi connectivity index (χ1) is 9.10. The van der Waals surface area contributed by atoms with Gasteiger partial charge in [-0.25, -0.2) is 0 Å². The SMILES string of the molecule is [3H]NC(=O)[C@H](CNC(=O)[C@H](CNC)NC)NC=CC. The van der Waals surface area contributed by atoms with Crippen LogP contribution in [-0.2, 0) is 9.59 Å². The van der Waals surface area contributed by atoms with Crippen LogP contribution in [0.4, 0.5) is 0 Å². The van der Waals surface area contributed by atoms with Gasteiger partial charge in [-0.3, -0.25) is 9.59 Å². The monoisotopic (exact) mass is 259 g/mol. The van der Waals surface area contributed by atoms with Crippen molar-refractivity contribution < 1.29 is 11.0 Å². The average Bonchev–Trinajstić information content (AvgIpc) is 2.43. The van der Waals surface area contributed by atoms with Gasteiger partial charge >= 0.3 is 0 Å². The highest BCUT2D eigenvalue weighted by molar-refractivity contribution is 5.84. The molecule has 18 heavy (non-hydrogen) atoms. The van der Waals surface area contributed by atoms with Crippen LogP contribution in [0, 0.1) is 0 Å². The number of primary amides is 1. The molecule has 0 saturated heterocycles. The van der Waals surface area contributed by atoms with Crippen LogP contribution in [0.1, 0.15) is 6.92 Å². The van der Waals surface area contributed by atoms with Crippen molar-refractivity contribution in [3.8, 4) is 0 Å². The minimum atomic E-state index is -0.676. The first-order valence-electron chi connectivity index (χ1n) is 6.29. The molecule has 6 N–H and O–H groups in total. The van der Waals surface area contributed by atoms with E-state index in [1.165, 1.54) is 0 Å². The number of carbonyl (C=O) groups is 2. The molecule has 2 amide bonds. The fourth-order valence-electron chi connectivity index (χ4n) is 1.30. The van der Waals surface area contributed by atoms with E-state index in [9.17, 15) is 9.59 Å². The van der Waals surface area contributed by atoms with E-state index in [4.69, 9.17) is 1.41 Å². The zero-order valence-corrected chi connectivity index (χ0v) is 11.0. The molecule has 0 rings (SSSR count). The molecule has 0 aliphatic carbocycles. The van der Waals surface area contributed by atoms with Gasteiger partial charge in [0.2, 0.25) is 11.8 Å². The summed E-state index contributed by atoms with van der Waals surface area (Å²) in [5.41, 5.74) is 1.80. The summed E-state index contributed by atoms with van der Waals surface area (Å²) in [7, 11) is 3.44. The highest BCUT2D eigenvalue weighted by Gasteiger charge is 2.18. The lowest BCUT2D eigenvalue weighted by molar-refractivity contribution is -0.123. The molecule has 104 valence electrons. The van der Waals surface area contributed by atoms with Crippen LogP contribution in [0.3, 0.4) is 0 Å². The van der Waals surface area contributed by atoms with Crippen molar-refractivity contribution in [2.45, 2.75) is 19.0 Å². The summed E-state index contributed by atoms with van der Waals surface area (Å²) in [6, 6.07) is -1.05. The van der Waals surface area contributed by atoms with Crippen LogP contribution in [-0.4, -0.2) is 51.1 Å². The quantitative estimate of drug-likeness (QED) is 0.325. The third kappa shape index (κ3) is 6.21. The summed E-state index contributed by atoms with van der Waals surface area (Å²) in [4.78, 5) is 23.2. The number of rotatable bonds is 9. The molecule has 0 bridgehead atoms. The summed E-state index contributed by atoms with van der Waals surface area (Å²) >= 11 is 0. The van der Waals surface area contributed by atoms with Gasteiger partial charge in [-0.15, -0.1) is 0 Å². The van der Waals surface area contributed by atoms with Crippen LogP contribution in [0.2, 0.25) is 1.41 Å². The maximum absolute atomic E-state index is 11.8. The number of nitrogens with one attached hydrogen (secondary N) is 4. The van der Waals surface area contributed by atoms with Crippen LogP contribution in [0.25, 0.3) is 0 Å². The molecule has 2 atom stereocenters. The largest absolute Gasteiger partial charge is 0.379 e. The standard InChI is InChI=1S/C11H23N5O2/c1-4-5-15-8(10(12)17)7-16-11(18)9(14-3)6-13-2/h4-5,8-9,13-15H,6-7H2,1-3H3,(H2,12,17)(H,16,18)/t8-,9-/m0/s1/i/hT. The second kappa shape index (κ2) is 9.43. The molecular formula is C11H23N5O2. The van der Waals surface area contributed by atoms with Crippen molar-refractivity contribution >= 4 is 11.8 Å². The molecule has 0 aromatic heterocycles. The van der Waals surface area contributed by atoms with E-state index >= 15 is 0 Å². The smallest absolute Gasteiger partial charge is 0.241 e. The molecule has 0 fully saturated rings. The van der Waals surface area contributed by atoms with Crippen molar-refractivity contribution in [3.05, 3.63) is 12.3 Å². The topological polar surface area (TPSA) is 108 Å². The highest BCUT2D eigenvalue weighted by atomic mass is 16.2. The number of carbonyl (C=O) groups excluding carboxylic acids is 2. The second-order valence-electron chi connectivity index (χ2n) is 3.73. The van der Waals surface area contributed by atoms with Crippen molar-refractivity contribution in [2.75, 3.05) is 27.2 Å². The van der Waals surface area contributed by atoms with Crippen LogP contribution in [0.15, 0.2) is 12.3 Å². The van der Waals surface area contributed by atoms with Crippen molar-refractivity contribution in [1.29, 1.82) is 0 Å². The summed E-state index contributed by atoms with van der Waals surface area (Å²) in [5.74, 6) is -0.713. The second-order valence-corrected chi connectivity index (χ2v) is 3.73. The molecule has 0 saturated carbocycles. The molecule has 7 heteroatoms. The van der Waals surface area contributed by atoms with E-state index in [1.54, 1.807) is 39.0 Å². The maximum Gasteiger partial charge on any atom is 0.241 e. The fourth-order valence-corrected chi connectivity index (χ4v) is 1.30. The highest BCUT2D eigenvalue weighted by Crippen LogP contribution is 1.85. The number of hydrogen-bond acceptors (Lipinski definition) is 5. The van der Waals surface area contributed by atoms with Gasteiger partial charge in [-0.05, 0) is 27.2 Å². The average molecular weight is 259 g/mol. The van der Waals surface area contributed by atoms with Crippen molar-refractivity contribution in [3.63, 3.8) is 0 Å². The minimum Gasteiger partial charge on any atom is -0.379 e. The Morgan fingerprint density at radius 1 is 1.33 bits per heavy atom. The maximum atomic E-state index is 11.8. The summed E-state index contributed by atoms with van der Waals surface area (Å²) < 4.78 is 6.85. The summed E-state index contributed by atoms with van der Waals surface area (Å²) in [5, 5.41) is 11.2. The lowest BCUT2D eigenvalue weighted by Crippen LogP contribution is -2.53. The molecule has 0 heterocycles. The molecule has 0 radical (unpaired) electrons. The molecule has 0 aliphatic rings. The van der Waals surface area contributed by atoms with Crippen molar-refractivity contribution in [2.24, 2.45) is 5.73 Å². The molecular weight excluding hydrogens is 234 g/mol. The van der Waals surface area contributed by atoms with E-state index in [1.807, 2.05) is 0 Å². The van der Waals surface area contributed by atoms with Crippen LogP contribution in [0.5, 0.6) is 0 Å². The third-order valence-corrected chi connectivity index (χ3v) is 2.33. The van der Waals surface area contributed by atoms with Crippen LogP contribution >= 0.6 is 0 Å². The van der Waals surface area contributed by atoms with E-state index in [0.717, 1.165) is 0 Å². The lowest BCUT2D eigenvalue weighted by atomic mass is 10.2. The number of nitrogens with two attached hydrogens (primary N) is 1. The number of likely N-dealkylation sites (N-methyl/N-ethyl adjacent to an activating group) is 2. The Bertz CT molecular complexity index is 311. The Morgan fingerprint density at radius 2 is 2.06 bits per heavy atom. The Hall–Kier alpha value is -1.60. The summed E-state index contributed by atoms with van der Waals surface area (Å²) in [6.45, 7) is 2.39. The first kappa shape index (κ1) is 14.5. The zero-order valence-electron chi connectivity index (χ0n) is 12.0. The fraction of sp³-hybridized carbons (Fsp3) is 0.636. The minimum absolute atomic E-state index is 0.107. The molecule has 0 aromatic rings. The van der Waals surface area contributed by atoms with Gasteiger partial charge in [0.1, 0.15) is 6.04 Å². The van der Waals surface area contributed by atoms with Gasteiger partial charge in [0.25, 0.3) is 0 Å². The van der Waals surface area contributed by atoms with E-state index < -0.39 is 11.9 Å². The number of hydrogen-bond donors (Lipinski definition) is 5. The predicted molar refractivity (Wildman–Crippen MR) is 70.7 cm³/mol. The molecule has 0 spiro atoms. The lowest BCUT2D eigenvalue weighted by Gasteiger charge is -2.18. The normalized spacial score (nSPS) is 14.7. The van der Waals surface area contributed by atoms with Gasteiger partial charge < -0.3 is 27.0 Å². The Balaban J connectivity index is 4.36. The molecule has 0 unspecified atom stereocenters. The molecule has 0 aromatic carbocycles. The van der Waals surface area contributed by atoms with E-state index in [0.29, 0.717) is 6.54 Å². The zero-order chi connectivity index (χ0) is 14.7. The Morgan fingerprint density at radius 3 is 2.56 bits per heavy atom. The van der Waals surface area contributed by atoms with Gasteiger partial charge in [0.05, 0.1) is 6.04 Å². The third-order valence-electron chi connectivity index (χ3n) is 2.33. The van der Waals surface area contributed by atoms with E-state index in [2.05, 4.69) is 21.3 Å². The number of allylic oxidation sites excluding steroid dienone is 1. The van der Waals surface area contributed by atoms with Gasteiger partial charge in [-0.2, -0.15) is 0 Å². The molecule has 7 nitrogen and oxygen atoms in total. The van der Waals surface area contributed by atoms with Crippen LogP contribution < -0.4 is 27.0 Å². The van der Waals surface area contributed by atoms with Crippen molar-refractivity contribution in [1.82, 2.24) is 21.3 Å². The summed E-state index contributed by atoms with van der Waals surface area (Å²) in [6.07, 6.45) is 3.32. The van der Waals surface area contributed by atoms with Gasteiger partial charge in [0, 0.05) is 13.1 Å². The molecule has 0 aliphatic heterocycles. The first-order valence-corrected chi connectivity index (χ1v) is 5.79. The Labute approximate surface area is 109 Å².